The molecule has 3 rings (SSSR count). The second-order valence-electron chi connectivity index (χ2n) is 6.20. The minimum Gasteiger partial charge on any atom is -0.356 e. The predicted molar refractivity (Wildman–Crippen MR) is 92.6 cm³/mol. The summed E-state index contributed by atoms with van der Waals surface area (Å²) in [4.78, 5) is 17.1. The van der Waals surface area contributed by atoms with Gasteiger partial charge in [0.2, 0.25) is 0 Å². The Morgan fingerprint density at radius 1 is 1.33 bits per heavy atom. The second-order valence-corrected chi connectivity index (χ2v) is 9.24. The fourth-order valence-electron chi connectivity index (χ4n) is 3.56. The van der Waals surface area contributed by atoms with Crippen molar-refractivity contribution in [1.82, 2.24) is 9.88 Å². The molecule has 1 aromatic rings. The lowest BCUT2D eigenvalue weighted by molar-refractivity contribution is 0.111. The highest BCUT2D eigenvalue weighted by Gasteiger charge is 2.43. The summed E-state index contributed by atoms with van der Waals surface area (Å²) < 4.78 is 0.235. The summed E-state index contributed by atoms with van der Waals surface area (Å²) >= 11 is 4.21. The zero-order valence-electron chi connectivity index (χ0n) is 12.9. The monoisotopic (exact) mass is 324 g/mol. The number of nitrogens with one attached hydrogen (secondary N) is 1. The molecule has 5 heteroatoms. The topological polar surface area (TPSA) is 36.1 Å². The van der Waals surface area contributed by atoms with Gasteiger partial charge in [0, 0.05) is 22.8 Å². The highest BCUT2D eigenvalue weighted by atomic mass is 32.2. The average Bonchev–Trinajstić information content (AvgIpc) is 3.05. The maximum absolute atomic E-state index is 11.5. The van der Waals surface area contributed by atoms with Crippen LogP contribution in [0, 0.1) is 0 Å². The first kappa shape index (κ1) is 15.5. The van der Waals surface area contributed by atoms with Crippen molar-refractivity contribution in [3.8, 4) is 0 Å². The van der Waals surface area contributed by atoms with Gasteiger partial charge in [-0.25, -0.2) is 0 Å². The highest BCUT2D eigenvalue weighted by Crippen LogP contribution is 2.59. The second kappa shape index (κ2) is 6.39. The van der Waals surface area contributed by atoms with Gasteiger partial charge in [-0.1, -0.05) is 0 Å². The first-order chi connectivity index (χ1) is 10.2. The summed E-state index contributed by atoms with van der Waals surface area (Å²) in [5, 5.41) is 0. The zero-order valence-corrected chi connectivity index (χ0v) is 14.5. The minimum atomic E-state index is 0.235. The van der Waals surface area contributed by atoms with Gasteiger partial charge in [0.1, 0.15) is 0 Å². The average molecular weight is 325 g/mol. The molecule has 1 spiro atoms. The van der Waals surface area contributed by atoms with Crippen LogP contribution in [0.1, 0.15) is 46.6 Å². The number of hydrogen-bond acceptors (Lipinski definition) is 4. The number of aromatic amines is 1. The molecule has 3 nitrogen and oxygen atoms in total. The van der Waals surface area contributed by atoms with Crippen LogP contribution < -0.4 is 0 Å². The van der Waals surface area contributed by atoms with Crippen molar-refractivity contribution in [3.63, 3.8) is 0 Å². The molecule has 0 aromatic carbocycles. The molecule has 0 bridgehead atoms. The van der Waals surface area contributed by atoms with E-state index in [-0.39, 0.29) is 4.08 Å². The first-order valence-corrected chi connectivity index (χ1v) is 9.75. The van der Waals surface area contributed by atoms with Crippen molar-refractivity contribution >= 4 is 29.8 Å². The highest BCUT2D eigenvalue weighted by molar-refractivity contribution is 8.20. The fraction of sp³-hybridized carbons (Fsp3) is 0.688. The molecule has 2 aliphatic rings. The summed E-state index contributed by atoms with van der Waals surface area (Å²) in [7, 11) is 4.22. The van der Waals surface area contributed by atoms with Crippen LogP contribution in [-0.4, -0.2) is 48.3 Å². The number of H-pyrrole nitrogens is 1. The van der Waals surface area contributed by atoms with Crippen molar-refractivity contribution in [2.24, 2.45) is 0 Å². The third kappa shape index (κ3) is 2.92. The Labute approximate surface area is 135 Å². The molecule has 0 saturated carbocycles. The normalized spacial score (nSPS) is 20.1. The molecule has 0 atom stereocenters. The molecule has 1 saturated heterocycles. The zero-order chi connectivity index (χ0) is 14.9. The number of aldehydes is 1. The van der Waals surface area contributed by atoms with Gasteiger partial charge in [0.25, 0.3) is 0 Å². The Kier molecular flexibility index (Phi) is 4.71. The van der Waals surface area contributed by atoms with Crippen LogP contribution >= 0.6 is 23.5 Å². The molecule has 0 unspecified atom stereocenters. The van der Waals surface area contributed by atoms with Gasteiger partial charge in [-0.3, -0.25) is 4.79 Å². The van der Waals surface area contributed by atoms with E-state index in [1.165, 1.54) is 41.2 Å². The third-order valence-electron chi connectivity index (χ3n) is 4.43. The van der Waals surface area contributed by atoms with Crippen molar-refractivity contribution < 1.29 is 4.79 Å². The van der Waals surface area contributed by atoms with E-state index in [1.54, 1.807) is 0 Å². The molecule has 21 heavy (non-hydrogen) atoms. The summed E-state index contributed by atoms with van der Waals surface area (Å²) in [5.74, 6) is 2.48. The van der Waals surface area contributed by atoms with E-state index in [2.05, 4.69) is 47.5 Å². The predicted octanol–water partition coefficient (Wildman–Crippen LogP) is 3.29. The number of carbonyl (C=O) groups excluding carboxylic acids is 1. The van der Waals surface area contributed by atoms with E-state index in [0.717, 1.165) is 37.8 Å². The number of rotatable bonds is 5. The molecule has 1 aromatic heterocycles. The van der Waals surface area contributed by atoms with Gasteiger partial charge < -0.3 is 9.88 Å². The molecule has 2 heterocycles. The van der Waals surface area contributed by atoms with Crippen LogP contribution in [0.3, 0.4) is 0 Å². The van der Waals surface area contributed by atoms with Crippen molar-refractivity contribution in [2.75, 3.05) is 32.1 Å². The maximum Gasteiger partial charge on any atom is 0.166 e. The van der Waals surface area contributed by atoms with Gasteiger partial charge in [-0.05, 0) is 58.3 Å². The van der Waals surface area contributed by atoms with E-state index < -0.39 is 0 Å². The summed E-state index contributed by atoms with van der Waals surface area (Å²) in [5.41, 5.74) is 4.98. The van der Waals surface area contributed by atoms with Gasteiger partial charge in [0.05, 0.1) is 9.77 Å². The van der Waals surface area contributed by atoms with Crippen LogP contribution in [0.25, 0.3) is 0 Å². The van der Waals surface area contributed by atoms with Crippen LogP contribution in [0.15, 0.2) is 0 Å². The number of aryl methyl sites for hydroxylation is 1. The van der Waals surface area contributed by atoms with Gasteiger partial charge >= 0.3 is 0 Å². The Hall–Kier alpha value is -0.390. The summed E-state index contributed by atoms with van der Waals surface area (Å²) in [6.45, 7) is 1.07. The lowest BCUT2D eigenvalue weighted by atomic mass is 9.91. The number of carbonyl (C=O) groups is 1. The van der Waals surface area contributed by atoms with E-state index in [0.29, 0.717) is 0 Å². The Bertz CT molecular complexity index is 519. The molecule has 1 aliphatic carbocycles. The number of hydrogen-bond donors (Lipinski definition) is 1. The molecule has 1 N–H and O–H groups in total. The molecule has 0 radical (unpaired) electrons. The van der Waals surface area contributed by atoms with E-state index in [1.807, 2.05) is 0 Å². The Balaban J connectivity index is 1.94. The summed E-state index contributed by atoms with van der Waals surface area (Å²) in [6, 6.07) is 0. The Morgan fingerprint density at radius 2 is 2.10 bits per heavy atom. The van der Waals surface area contributed by atoms with Crippen molar-refractivity contribution in [1.29, 1.82) is 0 Å². The smallest absolute Gasteiger partial charge is 0.166 e. The lowest BCUT2D eigenvalue weighted by Gasteiger charge is -2.33. The van der Waals surface area contributed by atoms with Crippen molar-refractivity contribution in [2.45, 2.75) is 36.2 Å². The quantitative estimate of drug-likeness (QED) is 0.843. The lowest BCUT2D eigenvalue weighted by Crippen LogP contribution is -2.23. The molecule has 116 valence electrons. The molecule has 1 fully saturated rings. The number of fused-ring (bicyclic) bond motifs is 2. The number of nitrogens with zero attached hydrogens (tertiary/aromatic N) is 1. The standard InChI is InChI=1S/C16H24N2OS2/c1-18(2)8-4-5-12-14(11-19)17-13-6-3-7-16(15(12)13)20-9-10-21-16/h11,17H,3-10H2,1-2H3. The van der Waals surface area contributed by atoms with Gasteiger partial charge in [-0.2, -0.15) is 0 Å². The van der Waals surface area contributed by atoms with Crippen LogP contribution in [0.4, 0.5) is 0 Å². The Morgan fingerprint density at radius 3 is 2.76 bits per heavy atom. The number of thioether (sulfide) groups is 2. The minimum absolute atomic E-state index is 0.235. The van der Waals surface area contributed by atoms with Crippen LogP contribution in [0.5, 0.6) is 0 Å². The molecule has 0 amide bonds. The molecule has 1 aliphatic heterocycles. The van der Waals surface area contributed by atoms with Crippen LogP contribution in [-0.2, 0) is 16.9 Å². The maximum atomic E-state index is 11.5. The van der Waals surface area contributed by atoms with E-state index in [4.69, 9.17) is 0 Å². The van der Waals surface area contributed by atoms with E-state index >= 15 is 0 Å². The van der Waals surface area contributed by atoms with Crippen LogP contribution in [0.2, 0.25) is 0 Å². The molecular weight excluding hydrogens is 300 g/mol. The number of aromatic nitrogens is 1. The van der Waals surface area contributed by atoms with Gasteiger partial charge in [0.15, 0.2) is 6.29 Å². The van der Waals surface area contributed by atoms with Gasteiger partial charge in [-0.15, -0.1) is 23.5 Å². The largest absolute Gasteiger partial charge is 0.356 e. The fourth-order valence-corrected chi connectivity index (χ4v) is 7.08. The first-order valence-electron chi connectivity index (χ1n) is 7.78. The van der Waals surface area contributed by atoms with E-state index in [9.17, 15) is 4.79 Å². The summed E-state index contributed by atoms with van der Waals surface area (Å²) in [6.07, 6.45) is 6.76. The SMILES string of the molecule is CN(C)CCCc1c(C=O)[nH]c2c1C1(CCC2)SCCS1. The van der Waals surface area contributed by atoms with Crippen molar-refractivity contribution in [3.05, 3.63) is 22.5 Å². The molecular formula is C16H24N2OS2. The third-order valence-corrected chi connectivity index (χ3v) is 7.96.